The summed E-state index contributed by atoms with van der Waals surface area (Å²) in [6.07, 6.45) is 4.40. The van der Waals surface area contributed by atoms with E-state index in [4.69, 9.17) is 9.47 Å². The maximum absolute atomic E-state index is 14.9. The van der Waals surface area contributed by atoms with Gasteiger partial charge in [-0.1, -0.05) is 37.5 Å². The molecule has 0 spiro atoms. The summed E-state index contributed by atoms with van der Waals surface area (Å²) in [5, 5.41) is 11.3. The van der Waals surface area contributed by atoms with Crippen LogP contribution in [0.25, 0.3) is 5.76 Å². The quantitative estimate of drug-likeness (QED) is 0.419. The summed E-state index contributed by atoms with van der Waals surface area (Å²) in [7, 11) is 2.92. The number of rotatable bonds is 5. The van der Waals surface area contributed by atoms with Gasteiger partial charge >= 0.3 is 0 Å². The van der Waals surface area contributed by atoms with Gasteiger partial charge in [0.15, 0.2) is 0 Å². The van der Waals surface area contributed by atoms with Crippen LogP contribution in [0.1, 0.15) is 49.3 Å². The van der Waals surface area contributed by atoms with Crippen LogP contribution in [0, 0.1) is 5.82 Å². The second kappa shape index (κ2) is 9.02. The lowest BCUT2D eigenvalue weighted by molar-refractivity contribution is -0.141. The molecule has 2 aliphatic rings. The van der Waals surface area contributed by atoms with E-state index in [-0.39, 0.29) is 22.7 Å². The van der Waals surface area contributed by atoms with Gasteiger partial charge in [-0.2, -0.15) is 0 Å². The molecular weight excluding hydrogens is 413 g/mol. The Morgan fingerprint density at radius 1 is 1.03 bits per heavy atom. The Morgan fingerprint density at radius 3 is 2.41 bits per heavy atom. The molecule has 1 atom stereocenters. The van der Waals surface area contributed by atoms with Crippen LogP contribution in [0.5, 0.6) is 11.5 Å². The number of hydrogen-bond donors (Lipinski definition) is 1. The minimum Gasteiger partial charge on any atom is -0.507 e. The van der Waals surface area contributed by atoms with Crippen LogP contribution in [0.2, 0.25) is 0 Å². The van der Waals surface area contributed by atoms with Gasteiger partial charge in [-0.15, -0.1) is 0 Å². The molecule has 4 rings (SSSR count). The standard InChI is InChI=1S/C25H26FNO5/c1-31-16-12-13-20(32-2)18(14-16)23(28)21-22(17-10-6-7-11-19(17)26)27(25(30)24(21)29)15-8-4-3-5-9-15/h6-7,10-15,22,28H,3-5,8-9H2,1-2H3/b23-21+. The molecule has 32 heavy (non-hydrogen) atoms. The number of ether oxygens (including phenoxy) is 2. The molecule has 1 unspecified atom stereocenters. The topological polar surface area (TPSA) is 76.1 Å². The first-order valence-electron chi connectivity index (χ1n) is 10.7. The number of aliphatic hydroxyl groups is 1. The molecule has 2 fully saturated rings. The Bertz CT molecular complexity index is 1070. The van der Waals surface area contributed by atoms with Gasteiger partial charge in [-0.3, -0.25) is 9.59 Å². The normalized spacial score (nSPS) is 21.1. The van der Waals surface area contributed by atoms with E-state index in [2.05, 4.69) is 0 Å². The Hall–Kier alpha value is -3.35. The third-order valence-corrected chi connectivity index (χ3v) is 6.31. The number of ketones is 1. The van der Waals surface area contributed by atoms with Gasteiger partial charge in [0, 0.05) is 11.6 Å². The summed E-state index contributed by atoms with van der Waals surface area (Å²) < 4.78 is 25.6. The first kappa shape index (κ1) is 21.9. The predicted octanol–water partition coefficient (Wildman–Crippen LogP) is 4.60. The number of aliphatic hydroxyl groups excluding tert-OH is 1. The molecule has 0 aromatic heterocycles. The van der Waals surface area contributed by atoms with E-state index < -0.39 is 29.3 Å². The van der Waals surface area contributed by atoms with Gasteiger partial charge in [-0.25, -0.2) is 4.39 Å². The highest BCUT2D eigenvalue weighted by molar-refractivity contribution is 6.46. The van der Waals surface area contributed by atoms with Crippen molar-refractivity contribution >= 4 is 17.4 Å². The number of amides is 1. The van der Waals surface area contributed by atoms with Gasteiger partial charge in [-0.05, 0) is 37.1 Å². The van der Waals surface area contributed by atoms with Gasteiger partial charge in [0.1, 0.15) is 23.1 Å². The van der Waals surface area contributed by atoms with Crippen LogP contribution in [0.3, 0.4) is 0 Å². The molecule has 1 N–H and O–H groups in total. The highest BCUT2D eigenvalue weighted by Crippen LogP contribution is 2.45. The summed E-state index contributed by atoms with van der Waals surface area (Å²) in [6, 6.07) is 9.63. The molecule has 1 saturated heterocycles. The van der Waals surface area contributed by atoms with Crippen LogP contribution in [-0.2, 0) is 9.59 Å². The zero-order valence-corrected chi connectivity index (χ0v) is 18.1. The van der Waals surface area contributed by atoms with E-state index in [0.29, 0.717) is 11.5 Å². The minimum atomic E-state index is -1.02. The van der Waals surface area contributed by atoms with Crippen molar-refractivity contribution in [2.75, 3.05) is 14.2 Å². The first-order valence-corrected chi connectivity index (χ1v) is 10.7. The monoisotopic (exact) mass is 439 g/mol. The number of methoxy groups -OCH3 is 2. The second-order valence-electron chi connectivity index (χ2n) is 8.09. The minimum absolute atomic E-state index is 0.141. The first-order chi connectivity index (χ1) is 15.5. The van der Waals surface area contributed by atoms with Crippen LogP contribution in [0.15, 0.2) is 48.0 Å². The maximum Gasteiger partial charge on any atom is 0.295 e. The van der Waals surface area contributed by atoms with E-state index in [0.717, 1.165) is 32.1 Å². The van der Waals surface area contributed by atoms with Gasteiger partial charge < -0.3 is 19.5 Å². The molecule has 1 aliphatic carbocycles. The summed E-state index contributed by atoms with van der Waals surface area (Å²) in [5.74, 6) is -1.75. The van der Waals surface area contributed by atoms with Crippen LogP contribution < -0.4 is 9.47 Å². The van der Waals surface area contributed by atoms with Crippen LogP contribution in [0.4, 0.5) is 4.39 Å². The lowest BCUT2D eigenvalue weighted by atomic mass is 9.90. The number of likely N-dealkylation sites (tertiary alicyclic amines) is 1. The lowest BCUT2D eigenvalue weighted by Gasteiger charge is -2.35. The van der Waals surface area contributed by atoms with Gasteiger partial charge in [0.2, 0.25) is 0 Å². The summed E-state index contributed by atoms with van der Waals surface area (Å²) in [6.45, 7) is 0. The van der Waals surface area contributed by atoms with E-state index in [9.17, 15) is 19.1 Å². The predicted molar refractivity (Wildman–Crippen MR) is 117 cm³/mol. The second-order valence-corrected chi connectivity index (χ2v) is 8.09. The molecule has 1 saturated carbocycles. The lowest BCUT2D eigenvalue weighted by Crippen LogP contribution is -2.40. The molecular formula is C25H26FNO5. The number of halogens is 1. The Labute approximate surface area is 186 Å². The molecule has 1 amide bonds. The summed E-state index contributed by atoms with van der Waals surface area (Å²) in [4.78, 5) is 27.9. The fourth-order valence-electron chi connectivity index (χ4n) is 4.73. The van der Waals surface area contributed by atoms with Crippen molar-refractivity contribution in [2.45, 2.75) is 44.2 Å². The van der Waals surface area contributed by atoms with Gasteiger partial charge in [0.25, 0.3) is 11.7 Å². The third-order valence-electron chi connectivity index (χ3n) is 6.31. The zero-order chi connectivity index (χ0) is 22.8. The number of benzene rings is 2. The smallest absolute Gasteiger partial charge is 0.295 e. The number of hydrogen-bond acceptors (Lipinski definition) is 5. The Morgan fingerprint density at radius 2 is 1.75 bits per heavy atom. The van der Waals surface area contributed by atoms with E-state index in [1.807, 2.05) is 0 Å². The third kappa shape index (κ3) is 3.72. The fraction of sp³-hybridized carbons (Fsp3) is 0.360. The van der Waals surface area contributed by atoms with Crippen molar-refractivity contribution in [3.05, 3.63) is 65.0 Å². The van der Waals surface area contributed by atoms with E-state index in [1.165, 1.54) is 31.3 Å². The molecule has 1 heterocycles. The van der Waals surface area contributed by atoms with Crippen molar-refractivity contribution in [2.24, 2.45) is 0 Å². The highest BCUT2D eigenvalue weighted by atomic mass is 19.1. The highest BCUT2D eigenvalue weighted by Gasteiger charge is 2.49. The van der Waals surface area contributed by atoms with Crippen molar-refractivity contribution < 1.29 is 28.6 Å². The van der Waals surface area contributed by atoms with Crippen molar-refractivity contribution in [3.63, 3.8) is 0 Å². The molecule has 0 radical (unpaired) electrons. The average Bonchev–Trinajstić information content (AvgIpc) is 3.09. The maximum atomic E-state index is 14.9. The fourth-order valence-corrected chi connectivity index (χ4v) is 4.73. The number of nitrogens with zero attached hydrogens (tertiary/aromatic N) is 1. The van der Waals surface area contributed by atoms with E-state index in [1.54, 1.807) is 30.3 Å². The Kier molecular flexibility index (Phi) is 6.17. The van der Waals surface area contributed by atoms with Gasteiger partial charge in [0.05, 0.1) is 31.4 Å². The number of carbonyl (C=O) groups is 2. The van der Waals surface area contributed by atoms with Crippen molar-refractivity contribution in [3.8, 4) is 11.5 Å². The number of Topliss-reactive ketones (excluding diaryl/α,β-unsaturated/α-hetero) is 1. The molecule has 0 bridgehead atoms. The molecule has 6 nitrogen and oxygen atoms in total. The van der Waals surface area contributed by atoms with Crippen molar-refractivity contribution in [1.82, 2.24) is 4.90 Å². The summed E-state index contributed by atoms with van der Waals surface area (Å²) in [5.41, 5.74) is 0.243. The Balaban J connectivity index is 1.94. The average molecular weight is 439 g/mol. The molecule has 1 aliphatic heterocycles. The van der Waals surface area contributed by atoms with Crippen LogP contribution in [-0.4, -0.2) is 42.0 Å². The zero-order valence-electron chi connectivity index (χ0n) is 18.1. The SMILES string of the molecule is COc1ccc(OC)c(/C(O)=C2\C(=O)C(=O)N(C3CCCCC3)C2c2ccccc2F)c1. The summed E-state index contributed by atoms with van der Waals surface area (Å²) >= 11 is 0. The molecule has 168 valence electrons. The molecule has 2 aromatic rings. The molecule has 7 heteroatoms. The largest absolute Gasteiger partial charge is 0.507 e. The molecule has 2 aromatic carbocycles. The number of carbonyl (C=O) groups excluding carboxylic acids is 2. The van der Waals surface area contributed by atoms with E-state index >= 15 is 0 Å². The van der Waals surface area contributed by atoms with Crippen molar-refractivity contribution in [1.29, 1.82) is 0 Å². The van der Waals surface area contributed by atoms with Crippen LogP contribution >= 0.6 is 0 Å².